The standard InChI is InChI=1S/C18H17ClN2O3/c1-11-9-13(5-6-15(11)21-8-2-3-17(21)23)20-18(24)12-4-7-16(22)14(19)10-12/h4-7,9-10,22H,2-3,8H2,1H3,(H,20,24). The minimum Gasteiger partial charge on any atom is -0.506 e. The molecule has 24 heavy (non-hydrogen) atoms. The summed E-state index contributed by atoms with van der Waals surface area (Å²) in [6.45, 7) is 2.64. The van der Waals surface area contributed by atoms with Gasteiger partial charge in [0.15, 0.2) is 0 Å². The van der Waals surface area contributed by atoms with E-state index in [0.29, 0.717) is 17.7 Å². The molecule has 0 bridgehead atoms. The summed E-state index contributed by atoms with van der Waals surface area (Å²) in [4.78, 5) is 25.9. The molecule has 0 unspecified atom stereocenters. The highest BCUT2D eigenvalue weighted by Crippen LogP contribution is 2.28. The lowest BCUT2D eigenvalue weighted by Crippen LogP contribution is -2.24. The fourth-order valence-electron chi connectivity index (χ4n) is 2.79. The average Bonchev–Trinajstić information content (AvgIpc) is 2.96. The van der Waals surface area contributed by atoms with Crippen molar-refractivity contribution in [3.8, 4) is 5.75 Å². The van der Waals surface area contributed by atoms with Gasteiger partial charge >= 0.3 is 0 Å². The van der Waals surface area contributed by atoms with Gasteiger partial charge in [0.25, 0.3) is 5.91 Å². The molecule has 2 N–H and O–H groups in total. The first-order valence-electron chi connectivity index (χ1n) is 7.66. The average molecular weight is 345 g/mol. The Balaban J connectivity index is 1.78. The molecule has 6 heteroatoms. The van der Waals surface area contributed by atoms with Crippen LogP contribution >= 0.6 is 11.6 Å². The number of rotatable bonds is 3. The number of aromatic hydroxyl groups is 1. The number of halogens is 1. The van der Waals surface area contributed by atoms with Gasteiger partial charge in [-0.2, -0.15) is 0 Å². The van der Waals surface area contributed by atoms with Crippen molar-refractivity contribution in [3.63, 3.8) is 0 Å². The lowest BCUT2D eigenvalue weighted by molar-refractivity contribution is -0.117. The molecule has 1 fully saturated rings. The number of carbonyl (C=O) groups is 2. The summed E-state index contributed by atoms with van der Waals surface area (Å²) >= 11 is 5.83. The molecule has 0 spiro atoms. The Labute approximate surface area is 144 Å². The van der Waals surface area contributed by atoms with E-state index in [1.54, 1.807) is 11.0 Å². The molecular weight excluding hydrogens is 328 g/mol. The maximum Gasteiger partial charge on any atom is 0.255 e. The zero-order chi connectivity index (χ0) is 17.3. The van der Waals surface area contributed by atoms with E-state index in [4.69, 9.17) is 11.6 Å². The van der Waals surface area contributed by atoms with E-state index in [1.165, 1.54) is 18.2 Å². The van der Waals surface area contributed by atoms with Gasteiger partial charge in [0.1, 0.15) is 5.75 Å². The fourth-order valence-corrected chi connectivity index (χ4v) is 2.97. The van der Waals surface area contributed by atoms with Crippen molar-refractivity contribution in [2.24, 2.45) is 0 Å². The molecule has 0 aromatic heterocycles. The van der Waals surface area contributed by atoms with Crippen LogP contribution < -0.4 is 10.2 Å². The van der Waals surface area contributed by atoms with Gasteiger partial charge in [-0.05, 0) is 55.3 Å². The molecule has 0 atom stereocenters. The van der Waals surface area contributed by atoms with Gasteiger partial charge < -0.3 is 15.3 Å². The number of nitrogens with zero attached hydrogens (tertiary/aromatic N) is 1. The van der Waals surface area contributed by atoms with E-state index < -0.39 is 0 Å². The first-order chi connectivity index (χ1) is 11.5. The largest absolute Gasteiger partial charge is 0.506 e. The molecule has 0 aliphatic carbocycles. The van der Waals surface area contributed by atoms with Crippen molar-refractivity contribution < 1.29 is 14.7 Å². The summed E-state index contributed by atoms with van der Waals surface area (Å²) in [6.07, 6.45) is 1.46. The van der Waals surface area contributed by atoms with Crippen LogP contribution in [-0.2, 0) is 4.79 Å². The minimum absolute atomic E-state index is 0.0660. The lowest BCUT2D eigenvalue weighted by atomic mass is 10.1. The number of amides is 2. The molecule has 124 valence electrons. The van der Waals surface area contributed by atoms with E-state index in [2.05, 4.69) is 5.32 Å². The van der Waals surface area contributed by atoms with Crippen LogP contribution in [-0.4, -0.2) is 23.5 Å². The van der Waals surface area contributed by atoms with Crippen molar-refractivity contribution in [2.75, 3.05) is 16.8 Å². The van der Waals surface area contributed by atoms with Crippen molar-refractivity contribution in [3.05, 3.63) is 52.5 Å². The summed E-state index contributed by atoms with van der Waals surface area (Å²) in [7, 11) is 0. The van der Waals surface area contributed by atoms with Gasteiger partial charge in [-0.15, -0.1) is 0 Å². The quantitative estimate of drug-likeness (QED) is 0.891. The molecule has 1 aliphatic heterocycles. The molecule has 0 saturated carbocycles. The lowest BCUT2D eigenvalue weighted by Gasteiger charge is -2.19. The van der Waals surface area contributed by atoms with Crippen LogP contribution in [0.1, 0.15) is 28.8 Å². The highest BCUT2D eigenvalue weighted by Gasteiger charge is 2.23. The summed E-state index contributed by atoms with van der Waals surface area (Å²) in [5.41, 5.74) is 2.79. The second-order valence-corrected chi connectivity index (χ2v) is 6.18. The Morgan fingerprint density at radius 2 is 2.04 bits per heavy atom. The number of benzene rings is 2. The monoisotopic (exact) mass is 344 g/mol. The van der Waals surface area contributed by atoms with E-state index >= 15 is 0 Å². The third-order valence-electron chi connectivity index (χ3n) is 4.03. The second-order valence-electron chi connectivity index (χ2n) is 5.77. The molecule has 2 amide bonds. The molecule has 3 rings (SSSR count). The van der Waals surface area contributed by atoms with Crippen LogP contribution in [0.2, 0.25) is 5.02 Å². The smallest absolute Gasteiger partial charge is 0.255 e. The maximum atomic E-state index is 12.3. The fraction of sp³-hybridized carbons (Fsp3) is 0.222. The number of anilines is 2. The van der Waals surface area contributed by atoms with Gasteiger partial charge in [0.2, 0.25) is 5.91 Å². The molecule has 1 heterocycles. The second kappa shape index (κ2) is 6.53. The third kappa shape index (κ3) is 3.21. The number of hydrogen-bond acceptors (Lipinski definition) is 3. The first-order valence-corrected chi connectivity index (χ1v) is 8.04. The van der Waals surface area contributed by atoms with Gasteiger partial charge in [0.05, 0.1) is 5.02 Å². The van der Waals surface area contributed by atoms with Crippen LogP contribution in [0, 0.1) is 6.92 Å². The number of hydrogen-bond donors (Lipinski definition) is 2. The van der Waals surface area contributed by atoms with E-state index in [1.807, 2.05) is 19.1 Å². The summed E-state index contributed by atoms with van der Waals surface area (Å²) < 4.78 is 0. The number of carbonyl (C=O) groups excluding carboxylic acids is 2. The van der Waals surface area contributed by atoms with Crippen molar-refractivity contribution in [2.45, 2.75) is 19.8 Å². The Kier molecular flexibility index (Phi) is 4.44. The molecular formula is C18H17ClN2O3. The van der Waals surface area contributed by atoms with Gasteiger partial charge in [-0.25, -0.2) is 0 Å². The SMILES string of the molecule is Cc1cc(NC(=O)c2ccc(O)c(Cl)c2)ccc1N1CCCC1=O. The predicted molar refractivity (Wildman–Crippen MR) is 93.8 cm³/mol. The van der Waals surface area contributed by atoms with Crippen LogP contribution in [0.5, 0.6) is 5.75 Å². The van der Waals surface area contributed by atoms with Gasteiger partial charge in [0, 0.05) is 29.9 Å². The number of phenols is 1. The summed E-state index contributed by atoms with van der Waals surface area (Å²) in [5, 5.41) is 12.3. The number of phenolic OH excluding ortho intramolecular Hbond substituents is 1. The van der Waals surface area contributed by atoms with Crippen molar-refractivity contribution in [1.29, 1.82) is 0 Å². The van der Waals surface area contributed by atoms with Crippen LogP contribution in [0.15, 0.2) is 36.4 Å². The Bertz CT molecular complexity index is 820. The van der Waals surface area contributed by atoms with Gasteiger partial charge in [-0.1, -0.05) is 11.6 Å². The maximum absolute atomic E-state index is 12.3. The summed E-state index contributed by atoms with van der Waals surface area (Å²) in [5.74, 6) is -0.251. The highest BCUT2D eigenvalue weighted by atomic mass is 35.5. The van der Waals surface area contributed by atoms with Gasteiger partial charge in [-0.3, -0.25) is 9.59 Å². The molecule has 2 aromatic carbocycles. The Hall–Kier alpha value is -2.53. The van der Waals surface area contributed by atoms with Crippen LogP contribution in [0.3, 0.4) is 0 Å². The molecule has 2 aromatic rings. The molecule has 1 aliphatic rings. The highest BCUT2D eigenvalue weighted by molar-refractivity contribution is 6.32. The predicted octanol–water partition coefficient (Wildman–Crippen LogP) is 3.73. The van der Waals surface area contributed by atoms with Crippen molar-refractivity contribution in [1.82, 2.24) is 0 Å². The van der Waals surface area contributed by atoms with Crippen LogP contribution in [0.4, 0.5) is 11.4 Å². The molecule has 1 saturated heterocycles. The van der Waals surface area contributed by atoms with Crippen LogP contribution in [0.25, 0.3) is 0 Å². The van der Waals surface area contributed by atoms with Crippen molar-refractivity contribution >= 4 is 34.8 Å². The molecule has 0 radical (unpaired) electrons. The topological polar surface area (TPSA) is 69.6 Å². The minimum atomic E-state index is -0.318. The Morgan fingerprint density at radius 3 is 2.67 bits per heavy atom. The zero-order valence-corrected chi connectivity index (χ0v) is 13.9. The first kappa shape index (κ1) is 16.3. The molecule has 5 nitrogen and oxygen atoms in total. The Morgan fingerprint density at radius 1 is 1.25 bits per heavy atom. The number of nitrogens with one attached hydrogen (secondary N) is 1. The number of aryl methyl sites for hydroxylation is 1. The third-order valence-corrected chi connectivity index (χ3v) is 4.33. The van der Waals surface area contributed by atoms with E-state index in [9.17, 15) is 14.7 Å². The van der Waals surface area contributed by atoms with E-state index in [0.717, 1.165) is 24.2 Å². The normalized spacial score (nSPS) is 14.1. The zero-order valence-electron chi connectivity index (χ0n) is 13.2. The summed E-state index contributed by atoms with van der Waals surface area (Å²) in [6, 6.07) is 9.74. The van der Waals surface area contributed by atoms with E-state index in [-0.39, 0.29) is 22.6 Å².